The Morgan fingerprint density at radius 1 is 1.20 bits per heavy atom. The van der Waals surface area contributed by atoms with Crippen molar-refractivity contribution in [3.05, 3.63) is 59.8 Å². The first-order valence-corrected chi connectivity index (χ1v) is 9.84. The number of halogens is 1. The second-order valence-corrected chi connectivity index (χ2v) is 8.11. The summed E-state index contributed by atoms with van der Waals surface area (Å²) in [5, 5.41) is 7.15. The van der Waals surface area contributed by atoms with E-state index in [1.165, 1.54) is 12.3 Å². The standard InChI is InChI=1S/C22H22FN5O2/c1-14-17(9-25-27(14)2)21(29)26-19-16(15-5-3-4-6-18(15)23)7-8-24-20(19)28-10-22(11-28)12-30-13-22/h3-9H,10-13H2,1-2H3,(H,26,29). The van der Waals surface area contributed by atoms with Crippen LogP contribution in [0.1, 0.15) is 16.1 Å². The third-order valence-corrected chi connectivity index (χ3v) is 5.98. The Balaban J connectivity index is 1.56. The van der Waals surface area contributed by atoms with Gasteiger partial charge < -0.3 is 15.0 Å². The zero-order chi connectivity index (χ0) is 20.9. The number of ether oxygens (including phenoxy) is 1. The molecule has 1 spiro atoms. The Hall–Kier alpha value is -3.26. The van der Waals surface area contributed by atoms with Crippen molar-refractivity contribution in [1.82, 2.24) is 14.8 Å². The molecule has 4 heterocycles. The number of carbonyl (C=O) groups is 1. The molecule has 154 valence electrons. The summed E-state index contributed by atoms with van der Waals surface area (Å²) in [5.41, 5.74) is 2.92. The first-order chi connectivity index (χ1) is 14.5. The number of benzene rings is 1. The Morgan fingerprint density at radius 2 is 1.97 bits per heavy atom. The quantitative estimate of drug-likeness (QED) is 0.720. The molecule has 0 atom stereocenters. The number of nitrogens with one attached hydrogen (secondary N) is 1. The lowest BCUT2D eigenvalue weighted by atomic mass is 9.78. The van der Waals surface area contributed by atoms with E-state index < -0.39 is 0 Å². The number of aryl methyl sites for hydroxylation is 1. The lowest BCUT2D eigenvalue weighted by molar-refractivity contribution is -0.127. The van der Waals surface area contributed by atoms with Gasteiger partial charge in [-0.05, 0) is 19.1 Å². The number of rotatable bonds is 4. The molecule has 0 unspecified atom stereocenters. The number of aromatic nitrogens is 3. The van der Waals surface area contributed by atoms with Gasteiger partial charge in [0.05, 0.1) is 36.1 Å². The van der Waals surface area contributed by atoms with Crippen LogP contribution in [0.15, 0.2) is 42.7 Å². The number of amides is 1. The highest BCUT2D eigenvalue weighted by Gasteiger charge is 2.50. The van der Waals surface area contributed by atoms with Crippen molar-refractivity contribution in [2.24, 2.45) is 12.5 Å². The van der Waals surface area contributed by atoms with Crippen LogP contribution in [0.25, 0.3) is 11.1 Å². The van der Waals surface area contributed by atoms with Gasteiger partial charge in [0.25, 0.3) is 5.91 Å². The Morgan fingerprint density at radius 3 is 2.60 bits per heavy atom. The molecule has 0 radical (unpaired) electrons. The molecule has 0 aliphatic carbocycles. The fourth-order valence-electron chi connectivity index (χ4n) is 4.11. The zero-order valence-corrected chi connectivity index (χ0v) is 16.9. The van der Waals surface area contributed by atoms with Gasteiger partial charge in [0.15, 0.2) is 5.82 Å². The molecule has 2 aliphatic rings. The Labute approximate surface area is 173 Å². The fourth-order valence-corrected chi connectivity index (χ4v) is 4.11. The molecule has 1 aromatic carbocycles. The monoisotopic (exact) mass is 407 g/mol. The normalized spacial score (nSPS) is 16.8. The minimum absolute atomic E-state index is 0.177. The summed E-state index contributed by atoms with van der Waals surface area (Å²) in [4.78, 5) is 19.7. The average molecular weight is 407 g/mol. The third kappa shape index (κ3) is 2.95. The second kappa shape index (κ2) is 6.91. The van der Waals surface area contributed by atoms with Crippen molar-refractivity contribution in [3.63, 3.8) is 0 Å². The molecule has 7 nitrogen and oxygen atoms in total. The van der Waals surface area contributed by atoms with Crippen molar-refractivity contribution in [2.75, 3.05) is 36.5 Å². The van der Waals surface area contributed by atoms with E-state index in [4.69, 9.17) is 4.74 Å². The van der Waals surface area contributed by atoms with Crippen LogP contribution in [0, 0.1) is 18.2 Å². The van der Waals surface area contributed by atoms with Gasteiger partial charge in [0, 0.05) is 43.2 Å². The van der Waals surface area contributed by atoms with Crippen molar-refractivity contribution in [1.29, 1.82) is 0 Å². The smallest absolute Gasteiger partial charge is 0.259 e. The molecule has 3 aromatic rings. The molecule has 2 fully saturated rings. The molecular weight excluding hydrogens is 385 g/mol. The maximum Gasteiger partial charge on any atom is 0.259 e. The van der Waals surface area contributed by atoms with Crippen LogP contribution >= 0.6 is 0 Å². The summed E-state index contributed by atoms with van der Waals surface area (Å²) in [5.74, 6) is -0.00648. The summed E-state index contributed by atoms with van der Waals surface area (Å²) >= 11 is 0. The second-order valence-electron chi connectivity index (χ2n) is 8.11. The first-order valence-electron chi connectivity index (χ1n) is 9.84. The van der Waals surface area contributed by atoms with Crippen LogP contribution in [0.2, 0.25) is 0 Å². The highest BCUT2D eigenvalue weighted by Crippen LogP contribution is 2.44. The molecule has 1 N–H and O–H groups in total. The molecule has 0 saturated carbocycles. The van der Waals surface area contributed by atoms with Gasteiger partial charge in [-0.1, -0.05) is 18.2 Å². The van der Waals surface area contributed by atoms with Gasteiger partial charge >= 0.3 is 0 Å². The van der Waals surface area contributed by atoms with E-state index in [0.717, 1.165) is 32.0 Å². The number of hydrogen-bond acceptors (Lipinski definition) is 5. The van der Waals surface area contributed by atoms with Crippen LogP contribution in [-0.2, 0) is 11.8 Å². The van der Waals surface area contributed by atoms with Crippen LogP contribution < -0.4 is 10.2 Å². The van der Waals surface area contributed by atoms with Crippen LogP contribution in [0.4, 0.5) is 15.9 Å². The Kier molecular flexibility index (Phi) is 4.32. The molecule has 2 saturated heterocycles. The minimum atomic E-state index is -0.352. The topological polar surface area (TPSA) is 72.3 Å². The van der Waals surface area contributed by atoms with Gasteiger partial charge in [-0.25, -0.2) is 9.37 Å². The largest absolute Gasteiger partial charge is 0.380 e. The minimum Gasteiger partial charge on any atom is -0.380 e. The van der Waals surface area contributed by atoms with E-state index in [-0.39, 0.29) is 17.1 Å². The first kappa shape index (κ1) is 18.7. The molecule has 2 aromatic heterocycles. The molecule has 30 heavy (non-hydrogen) atoms. The summed E-state index contributed by atoms with van der Waals surface area (Å²) in [6, 6.07) is 8.27. The maximum absolute atomic E-state index is 14.6. The molecular formula is C22H22FN5O2. The van der Waals surface area contributed by atoms with Crippen LogP contribution in [-0.4, -0.2) is 47.0 Å². The SMILES string of the molecule is Cc1c(C(=O)Nc2c(-c3ccccc3F)ccnc2N2CC3(COC3)C2)cnn1C. The zero-order valence-electron chi connectivity index (χ0n) is 16.9. The average Bonchev–Trinajstić information content (AvgIpc) is 3.00. The predicted octanol–water partition coefficient (Wildman–Crippen LogP) is 3.02. The van der Waals surface area contributed by atoms with Gasteiger partial charge in [0.2, 0.25) is 0 Å². The van der Waals surface area contributed by atoms with Crippen molar-refractivity contribution >= 4 is 17.4 Å². The van der Waals surface area contributed by atoms with E-state index in [2.05, 4.69) is 20.3 Å². The molecule has 2 aliphatic heterocycles. The fraction of sp³-hybridized carbons (Fsp3) is 0.318. The highest BCUT2D eigenvalue weighted by molar-refractivity contribution is 6.08. The van der Waals surface area contributed by atoms with E-state index in [1.54, 1.807) is 42.2 Å². The highest BCUT2D eigenvalue weighted by atomic mass is 19.1. The molecule has 1 amide bonds. The number of hydrogen-bond donors (Lipinski definition) is 1. The van der Waals surface area contributed by atoms with Crippen LogP contribution in [0.3, 0.4) is 0 Å². The van der Waals surface area contributed by atoms with E-state index >= 15 is 0 Å². The van der Waals surface area contributed by atoms with Gasteiger partial charge in [0.1, 0.15) is 5.82 Å². The number of nitrogens with zero attached hydrogens (tertiary/aromatic N) is 4. The predicted molar refractivity (Wildman–Crippen MR) is 111 cm³/mol. The van der Waals surface area contributed by atoms with E-state index in [0.29, 0.717) is 28.2 Å². The van der Waals surface area contributed by atoms with Crippen molar-refractivity contribution < 1.29 is 13.9 Å². The van der Waals surface area contributed by atoms with Crippen molar-refractivity contribution in [2.45, 2.75) is 6.92 Å². The number of pyridine rings is 1. The maximum atomic E-state index is 14.6. The molecule has 0 bridgehead atoms. The van der Waals surface area contributed by atoms with Gasteiger partial charge in [-0.2, -0.15) is 5.10 Å². The summed E-state index contributed by atoms with van der Waals surface area (Å²) in [6.45, 7) is 4.92. The summed E-state index contributed by atoms with van der Waals surface area (Å²) in [6.07, 6.45) is 3.19. The van der Waals surface area contributed by atoms with E-state index in [1.807, 2.05) is 6.92 Å². The molecule has 8 heteroatoms. The number of anilines is 2. The lowest BCUT2D eigenvalue weighted by Crippen LogP contribution is -2.66. The van der Waals surface area contributed by atoms with E-state index in [9.17, 15) is 9.18 Å². The molecule has 5 rings (SSSR count). The summed E-state index contributed by atoms with van der Waals surface area (Å²) in [7, 11) is 1.78. The Bertz CT molecular complexity index is 1130. The van der Waals surface area contributed by atoms with Gasteiger partial charge in [-0.3, -0.25) is 9.48 Å². The van der Waals surface area contributed by atoms with Crippen LogP contribution in [0.5, 0.6) is 0 Å². The number of carbonyl (C=O) groups excluding carboxylic acids is 1. The lowest BCUT2D eigenvalue weighted by Gasteiger charge is -2.55. The summed E-state index contributed by atoms with van der Waals surface area (Å²) < 4.78 is 21.6. The van der Waals surface area contributed by atoms with Crippen molar-refractivity contribution in [3.8, 4) is 11.1 Å². The van der Waals surface area contributed by atoms with Gasteiger partial charge in [-0.15, -0.1) is 0 Å². The third-order valence-electron chi connectivity index (χ3n) is 5.98.